The van der Waals surface area contributed by atoms with Gasteiger partial charge in [-0.25, -0.2) is 0 Å². The molecule has 0 N–H and O–H groups in total. The van der Waals surface area contributed by atoms with Gasteiger partial charge < -0.3 is 0 Å². The van der Waals surface area contributed by atoms with Crippen LogP contribution in [-0.4, -0.2) is 106 Å². The third-order valence-electron chi connectivity index (χ3n) is 7.54. The van der Waals surface area contributed by atoms with Gasteiger partial charge in [-0.3, -0.25) is 8.37 Å². The summed E-state index contributed by atoms with van der Waals surface area (Å²) in [7, 11) is -7.14. The van der Waals surface area contributed by atoms with E-state index in [2.05, 4.69) is 13.8 Å². The van der Waals surface area contributed by atoms with Gasteiger partial charge in [0.05, 0.1) is 23.0 Å². The van der Waals surface area contributed by atoms with Crippen molar-refractivity contribution in [3.05, 3.63) is 60.7 Å². The van der Waals surface area contributed by atoms with E-state index in [0.29, 0.717) is 0 Å². The van der Waals surface area contributed by atoms with E-state index in [-0.39, 0.29) is 98.5 Å². The Balaban J connectivity index is 0. The number of benzene rings is 2. The van der Waals surface area contributed by atoms with Crippen molar-refractivity contribution in [2.24, 2.45) is 0 Å². The van der Waals surface area contributed by atoms with Gasteiger partial charge in [0, 0.05) is 75.5 Å². The molecule has 0 aliphatic rings. The molecule has 46 heavy (non-hydrogen) atoms. The Bertz CT molecular complexity index is 1040. The molecule has 0 aliphatic heterocycles. The summed E-state index contributed by atoms with van der Waals surface area (Å²) >= 11 is 0. The van der Waals surface area contributed by atoms with Crippen molar-refractivity contribution in [2.45, 2.75) is 152 Å². The van der Waals surface area contributed by atoms with Crippen LogP contribution < -0.4 is 0 Å². The maximum atomic E-state index is 11.9. The van der Waals surface area contributed by atoms with Crippen molar-refractivity contribution >= 4 is 95.7 Å². The molecule has 2 rings (SSSR count). The van der Waals surface area contributed by atoms with Gasteiger partial charge in [0.15, 0.2) is 0 Å². The molecule has 0 saturated heterocycles. The zero-order valence-electron chi connectivity index (χ0n) is 29.0. The van der Waals surface area contributed by atoms with E-state index in [1.165, 1.54) is 103 Å². The van der Waals surface area contributed by atoms with Gasteiger partial charge >= 0.3 is 0 Å². The Hall–Kier alpha value is 0.779. The van der Waals surface area contributed by atoms with E-state index in [9.17, 15) is 16.8 Å². The Kier molecular flexibility index (Phi) is 35.0. The van der Waals surface area contributed by atoms with Gasteiger partial charge in [-0.2, -0.15) is 16.8 Å². The van der Waals surface area contributed by atoms with Gasteiger partial charge in [-0.15, -0.1) is 0 Å². The second kappa shape index (κ2) is 33.0. The van der Waals surface area contributed by atoms with Crippen LogP contribution in [0.4, 0.5) is 0 Å². The van der Waals surface area contributed by atoms with Crippen LogP contribution in [0.15, 0.2) is 70.5 Å². The smallest absolute Gasteiger partial charge is 0.266 e. The maximum Gasteiger partial charge on any atom is 0.296 e. The number of rotatable bonds is 26. The number of unbranched alkanes of at least 4 members (excludes halogenated alkanes) is 18. The predicted molar refractivity (Wildman–Crippen MR) is 194 cm³/mol. The van der Waals surface area contributed by atoms with Crippen LogP contribution >= 0.6 is 0 Å². The summed E-state index contributed by atoms with van der Waals surface area (Å²) in [5.74, 6) is 0. The average Bonchev–Trinajstić information content (AvgIpc) is 3.03. The first-order valence-corrected chi connectivity index (χ1v) is 20.0. The van der Waals surface area contributed by atoms with E-state index in [0.717, 1.165) is 25.7 Å². The third-order valence-corrected chi connectivity index (χ3v) is 10.2. The molecule has 0 bridgehead atoms. The topological polar surface area (TPSA) is 86.7 Å². The first-order valence-electron chi connectivity index (χ1n) is 17.2. The van der Waals surface area contributed by atoms with Crippen molar-refractivity contribution in [1.29, 1.82) is 0 Å². The Morgan fingerprint density at radius 3 is 0.891 bits per heavy atom. The quantitative estimate of drug-likeness (QED) is 0.0544. The Morgan fingerprint density at radius 2 is 0.630 bits per heavy atom. The molecule has 256 valence electrons. The molecule has 0 aromatic heterocycles. The van der Waals surface area contributed by atoms with Crippen LogP contribution in [0.2, 0.25) is 0 Å². The van der Waals surface area contributed by atoms with Gasteiger partial charge in [0.1, 0.15) is 0 Å². The summed E-state index contributed by atoms with van der Waals surface area (Å²) < 4.78 is 57.6. The zero-order valence-corrected chi connectivity index (χ0v) is 35.1. The average molecular weight is 733 g/mol. The minimum Gasteiger partial charge on any atom is -0.266 e. The molecular formula is C36H60Ca2O6S2. The number of hydrogen-bond acceptors (Lipinski definition) is 6. The van der Waals surface area contributed by atoms with E-state index in [1.807, 2.05) is 0 Å². The van der Waals surface area contributed by atoms with Crippen LogP contribution in [0.3, 0.4) is 0 Å². The number of hydrogen-bond donors (Lipinski definition) is 0. The Labute approximate surface area is 342 Å². The molecule has 10 heteroatoms. The predicted octanol–water partition coefficient (Wildman–Crippen LogP) is 9.86. The van der Waals surface area contributed by atoms with Crippen LogP contribution in [-0.2, 0) is 28.6 Å². The van der Waals surface area contributed by atoms with Crippen LogP contribution in [0.1, 0.15) is 142 Å². The fourth-order valence-electron chi connectivity index (χ4n) is 4.83. The van der Waals surface area contributed by atoms with E-state index >= 15 is 0 Å². The normalized spacial score (nSPS) is 11.2. The molecule has 0 amide bonds. The standard InChI is InChI=1S/2C18H30O3S.2Ca/c2*1-2-3-4-5-6-7-8-9-10-14-17-21-22(19,20)18-15-12-11-13-16-18;;/h2*11-13,15-16H,2-10,14,17H2,1H3;;. The monoisotopic (exact) mass is 732 g/mol. The molecule has 0 saturated carbocycles. The van der Waals surface area contributed by atoms with Gasteiger partial charge in [-0.05, 0) is 37.1 Å². The van der Waals surface area contributed by atoms with Crippen LogP contribution in [0.5, 0.6) is 0 Å². The first-order chi connectivity index (χ1) is 21.3. The second-order valence-electron chi connectivity index (χ2n) is 11.5. The summed E-state index contributed by atoms with van der Waals surface area (Å²) in [6, 6.07) is 16.7. The molecule has 0 aliphatic carbocycles. The maximum absolute atomic E-state index is 11.9. The van der Waals surface area contributed by atoms with Crippen molar-refractivity contribution < 1.29 is 25.2 Å². The van der Waals surface area contributed by atoms with Gasteiger partial charge in [0.25, 0.3) is 20.2 Å². The first kappa shape index (κ1) is 48.9. The summed E-state index contributed by atoms with van der Waals surface area (Å²) in [6.45, 7) is 5.04. The van der Waals surface area contributed by atoms with Crippen molar-refractivity contribution in [2.75, 3.05) is 13.2 Å². The van der Waals surface area contributed by atoms with Gasteiger partial charge in [-0.1, -0.05) is 166 Å². The second-order valence-corrected chi connectivity index (χ2v) is 14.8. The molecule has 0 spiro atoms. The summed E-state index contributed by atoms with van der Waals surface area (Å²) in [5, 5.41) is 0. The minimum absolute atomic E-state index is 0. The molecule has 0 fully saturated rings. The summed E-state index contributed by atoms with van der Waals surface area (Å²) in [4.78, 5) is 0.476. The molecule has 6 nitrogen and oxygen atoms in total. The fraction of sp³-hybridized carbons (Fsp3) is 0.667. The zero-order chi connectivity index (χ0) is 32.2. The molecule has 0 atom stereocenters. The summed E-state index contributed by atoms with van der Waals surface area (Å²) in [5.41, 5.74) is 0. The van der Waals surface area contributed by atoms with Crippen molar-refractivity contribution in [3.63, 3.8) is 0 Å². The largest absolute Gasteiger partial charge is 0.296 e. The molecule has 0 unspecified atom stereocenters. The molecular weight excluding hydrogens is 673 g/mol. The van der Waals surface area contributed by atoms with E-state index < -0.39 is 20.2 Å². The fourth-order valence-corrected chi connectivity index (χ4v) is 6.75. The molecule has 2 aromatic carbocycles. The van der Waals surface area contributed by atoms with Gasteiger partial charge in [0.2, 0.25) is 0 Å². The van der Waals surface area contributed by atoms with Crippen molar-refractivity contribution in [3.8, 4) is 0 Å². The van der Waals surface area contributed by atoms with E-state index in [1.54, 1.807) is 60.7 Å². The minimum atomic E-state index is -3.57. The van der Waals surface area contributed by atoms with Crippen LogP contribution in [0, 0.1) is 0 Å². The Morgan fingerprint density at radius 1 is 0.391 bits per heavy atom. The summed E-state index contributed by atoms with van der Waals surface area (Å²) in [6.07, 6.45) is 24.5. The van der Waals surface area contributed by atoms with E-state index in [4.69, 9.17) is 8.37 Å². The third kappa shape index (κ3) is 26.6. The molecule has 0 heterocycles. The molecule has 2 aromatic rings. The van der Waals surface area contributed by atoms with Crippen molar-refractivity contribution in [1.82, 2.24) is 0 Å². The SMILES string of the molecule is CCCCCCCCCCCCOS(=O)(=O)c1ccccc1.CCCCCCCCCCCCOS(=O)(=O)c1ccccc1.[Ca].[Ca]. The van der Waals surface area contributed by atoms with Crippen LogP contribution in [0.25, 0.3) is 0 Å². The molecule has 4 radical (unpaired) electrons.